The van der Waals surface area contributed by atoms with Gasteiger partial charge in [-0.15, -0.1) is 0 Å². The smallest absolute Gasteiger partial charge is 0.137 e. The molecule has 1 aliphatic heterocycles. The molecule has 18 heavy (non-hydrogen) atoms. The molecule has 0 bridgehead atoms. The van der Waals surface area contributed by atoms with Gasteiger partial charge in [-0.25, -0.2) is 4.98 Å². The number of hydrogen-bond acceptors (Lipinski definition) is 2. The van der Waals surface area contributed by atoms with E-state index < -0.39 is 0 Å². The summed E-state index contributed by atoms with van der Waals surface area (Å²) in [4.78, 5) is 7.22. The molecule has 0 unspecified atom stereocenters. The Morgan fingerprint density at radius 1 is 1.17 bits per heavy atom. The minimum Gasteiger partial charge on any atom is -0.303 e. The van der Waals surface area contributed by atoms with Crippen LogP contribution in [0.1, 0.15) is 25.0 Å². The molecule has 0 aliphatic carbocycles. The molecule has 4 heteroatoms. The topological polar surface area (TPSA) is 20.5 Å². The standard InChI is InChI=1S/C14H18BrN3/c15-13-5-4-6-14-16-12(11-18(13)14)7-10-17-8-2-1-3-9-17/h4-6,11H,1-3,7-10H2. The van der Waals surface area contributed by atoms with Gasteiger partial charge in [0.15, 0.2) is 0 Å². The molecular formula is C14H18BrN3. The first kappa shape index (κ1) is 12.2. The highest BCUT2D eigenvalue weighted by Crippen LogP contribution is 2.15. The number of pyridine rings is 1. The van der Waals surface area contributed by atoms with Crippen molar-refractivity contribution in [2.45, 2.75) is 25.7 Å². The van der Waals surface area contributed by atoms with Crippen molar-refractivity contribution in [3.05, 3.63) is 34.7 Å². The molecular weight excluding hydrogens is 290 g/mol. The molecule has 0 N–H and O–H groups in total. The summed E-state index contributed by atoms with van der Waals surface area (Å²) in [6, 6.07) is 6.12. The van der Waals surface area contributed by atoms with Gasteiger partial charge in [0, 0.05) is 19.2 Å². The van der Waals surface area contributed by atoms with Gasteiger partial charge in [-0.2, -0.15) is 0 Å². The van der Waals surface area contributed by atoms with Crippen LogP contribution in [0.4, 0.5) is 0 Å². The third-order valence-electron chi connectivity index (χ3n) is 3.63. The Labute approximate surface area is 116 Å². The molecule has 1 saturated heterocycles. The van der Waals surface area contributed by atoms with Gasteiger partial charge in [-0.3, -0.25) is 4.40 Å². The normalized spacial score (nSPS) is 17.4. The number of nitrogens with zero attached hydrogens (tertiary/aromatic N) is 3. The zero-order valence-corrected chi connectivity index (χ0v) is 12.1. The highest BCUT2D eigenvalue weighted by atomic mass is 79.9. The van der Waals surface area contributed by atoms with Crippen molar-refractivity contribution in [3.8, 4) is 0 Å². The van der Waals surface area contributed by atoms with Crippen LogP contribution in [0.5, 0.6) is 0 Å². The third-order valence-corrected chi connectivity index (χ3v) is 4.27. The maximum absolute atomic E-state index is 4.66. The second-order valence-electron chi connectivity index (χ2n) is 4.96. The molecule has 0 amide bonds. The van der Waals surface area contributed by atoms with Gasteiger partial charge in [0.1, 0.15) is 5.65 Å². The van der Waals surface area contributed by atoms with Gasteiger partial charge < -0.3 is 4.90 Å². The summed E-state index contributed by atoms with van der Waals surface area (Å²) in [5.74, 6) is 0. The van der Waals surface area contributed by atoms with Crippen LogP contribution < -0.4 is 0 Å². The van der Waals surface area contributed by atoms with E-state index in [0.29, 0.717) is 0 Å². The summed E-state index contributed by atoms with van der Waals surface area (Å²) in [7, 11) is 0. The minimum atomic E-state index is 1.03. The monoisotopic (exact) mass is 307 g/mol. The second-order valence-corrected chi connectivity index (χ2v) is 5.77. The molecule has 1 aliphatic rings. The molecule has 96 valence electrons. The van der Waals surface area contributed by atoms with Gasteiger partial charge in [0.25, 0.3) is 0 Å². The van der Waals surface area contributed by atoms with Crippen molar-refractivity contribution in [2.75, 3.05) is 19.6 Å². The number of rotatable bonds is 3. The van der Waals surface area contributed by atoms with Crippen molar-refractivity contribution in [1.82, 2.24) is 14.3 Å². The Balaban J connectivity index is 1.69. The predicted octanol–water partition coefficient (Wildman–Crippen LogP) is 3.13. The van der Waals surface area contributed by atoms with E-state index in [-0.39, 0.29) is 0 Å². The van der Waals surface area contributed by atoms with E-state index in [2.05, 4.69) is 42.5 Å². The van der Waals surface area contributed by atoms with Crippen LogP contribution in [0, 0.1) is 0 Å². The molecule has 0 atom stereocenters. The van der Waals surface area contributed by atoms with E-state index in [1.165, 1.54) is 38.0 Å². The van der Waals surface area contributed by atoms with E-state index in [1.54, 1.807) is 0 Å². The third kappa shape index (κ3) is 2.59. The molecule has 3 nitrogen and oxygen atoms in total. The molecule has 3 rings (SSSR count). The summed E-state index contributed by atoms with van der Waals surface area (Å²) in [5, 5.41) is 0. The lowest BCUT2D eigenvalue weighted by Crippen LogP contribution is -2.31. The molecule has 2 aromatic heterocycles. The number of halogens is 1. The Morgan fingerprint density at radius 3 is 2.78 bits per heavy atom. The number of imidazole rings is 1. The number of aromatic nitrogens is 2. The SMILES string of the molecule is Brc1cccc2nc(CCN3CCCCC3)cn12. The zero-order valence-electron chi connectivity index (χ0n) is 10.5. The Morgan fingerprint density at radius 2 is 2.00 bits per heavy atom. The molecule has 0 saturated carbocycles. The van der Waals surface area contributed by atoms with Gasteiger partial charge in [0.05, 0.1) is 10.3 Å². The Hall–Kier alpha value is -0.870. The molecule has 1 fully saturated rings. The summed E-state index contributed by atoms with van der Waals surface area (Å²) >= 11 is 3.55. The number of likely N-dealkylation sites (tertiary alicyclic amines) is 1. The van der Waals surface area contributed by atoms with Crippen LogP contribution in [0.2, 0.25) is 0 Å². The Bertz CT molecular complexity index is 529. The van der Waals surface area contributed by atoms with Crippen molar-refractivity contribution in [1.29, 1.82) is 0 Å². The van der Waals surface area contributed by atoms with E-state index in [9.17, 15) is 0 Å². The zero-order chi connectivity index (χ0) is 12.4. The molecule has 0 spiro atoms. The molecule has 3 heterocycles. The molecule has 2 aromatic rings. The average molecular weight is 308 g/mol. The average Bonchev–Trinajstić information content (AvgIpc) is 2.82. The van der Waals surface area contributed by atoms with Crippen LogP contribution in [-0.2, 0) is 6.42 Å². The second kappa shape index (κ2) is 5.41. The lowest BCUT2D eigenvalue weighted by Gasteiger charge is -2.25. The first-order valence-corrected chi connectivity index (χ1v) is 7.47. The summed E-state index contributed by atoms with van der Waals surface area (Å²) in [6.07, 6.45) is 7.31. The van der Waals surface area contributed by atoms with E-state index >= 15 is 0 Å². The largest absolute Gasteiger partial charge is 0.303 e. The quantitative estimate of drug-likeness (QED) is 0.812. The lowest BCUT2D eigenvalue weighted by molar-refractivity contribution is 0.231. The van der Waals surface area contributed by atoms with E-state index in [4.69, 9.17) is 0 Å². The minimum absolute atomic E-state index is 1.03. The number of fused-ring (bicyclic) bond motifs is 1. The number of hydrogen-bond donors (Lipinski definition) is 0. The predicted molar refractivity (Wildman–Crippen MR) is 76.9 cm³/mol. The lowest BCUT2D eigenvalue weighted by atomic mass is 10.1. The first-order chi connectivity index (χ1) is 8.83. The van der Waals surface area contributed by atoms with Crippen LogP contribution in [-0.4, -0.2) is 33.9 Å². The van der Waals surface area contributed by atoms with E-state index in [0.717, 1.165) is 23.2 Å². The Kier molecular flexibility index (Phi) is 3.66. The fourth-order valence-electron chi connectivity index (χ4n) is 2.60. The van der Waals surface area contributed by atoms with Crippen LogP contribution in [0.3, 0.4) is 0 Å². The maximum Gasteiger partial charge on any atom is 0.137 e. The summed E-state index contributed by atoms with van der Waals surface area (Å²) in [6.45, 7) is 3.66. The fraction of sp³-hybridized carbons (Fsp3) is 0.500. The first-order valence-electron chi connectivity index (χ1n) is 6.68. The van der Waals surface area contributed by atoms with Gasteiger partial charge in [-0.1, -0.05) is 12.5 Å². The van der Waals surface area contributed by atoms with Gasteiger partial charge in [-0.05, 0) is 54.0 Å². The van der Waals surface area contributed by atoms with Crippen LogP contribution in [0.15, 0.2) is 29.0 Å². The maximum atomic E-state index is 4.66. The summed E-state index contributed by atoms with van der Waals surface area (Å²) in [5.41, 5.74) is 2.21. The highest BCUT2D eigenvalue weighted by Gasteiger charge is 2.11. The van der Waals surface area contributed by atoms with Crippen molar-refractivity contribution >= 4 is 21.6 Å². The summed E-state index contributed by atoms with van der Waals surface area (Å²) < 4.78 is 3.17. The van der Waals surface area contributed by atoms with Crippen LogP contribution in [0.25, 0.3) is 5.65 Å². The molecule has 0 radical (unpaired) electrons. The van der Waals surface area contributed by atoms with Crippen molar-refractivity contribution in [2.24, 2.45) is 0 Å². The van der Waals surface area contributed by atoms with Crippen LogP contribution >= 0.6 is 15.9 Å². The van der Waals surface area contributed by atoms with Gasteiger partial charge >= 0.3 is 0 Å². The van der Waals surface area contributed by atoms with Gasteiger partial charge in [0.2, 0.25) is 0 Å². The highest BCUT2D eigenvalue weighted by molar-refractivity contribution is 9.10. The van der Waals surface area contributed by atoms with Crippen molar-refractivity contribution in [3.63, 3.8) is 0 Å². The fourth-order valence-corrected chi connectivity index (χ4v) is 3.04. The number of piperidine rings is 1. The molecule has 0 aromatic carbocycles. The van der Waals surface area contributed by atoms with Crippen molar-refractivity contribution < 1.29 is 0 Å². The van der Waals surface area contributed by atoms with E-state index in [1.807, 2.05) is 12.1 Å².